The second kappa shape index (κ2) is 6.25. The molecule has 2 aromatic rings. The molecule has 0 unspecified atom stereocenters. The molecule has 0 saturated heterocycles. The van der Waals surface area contributed by atoms with Gasteiger partial charge in [0.1, 0.15) is 5.75 Å². The summed E-state index contributed by atoms with van der Waals surface area (Å²) in [6, 6.07) is 13.5. The number of hydrogen-bond donors (Lipinski definition) is 0. The first kappa shape index (κ1) is 13.4. The third-order valence-corrected chi connectivity index (χ3v) is 3.81. The van der Waals surface area contributed by atoms with E-state index in [4.69, 9.17) is 9.47 Å². The summed E-state index contributed by atoms with van der Waals surface area (Å²) in [6.07, 6.45) is 0. The van der Waals surface area contributed by atoms with Crippen molar-refractivity contribution in [3.63, 3.8) is 0 Å². The quantitative estimate of drug-likeness (QED) is 0.692. The standard InChI is InChI=1S/C14H12Br2O2/c1-17-13-4-2-3-5-14(13)18-11-7-6-10(9-15)12(16)8-11/h2-8H,9H2,1H3. The molecule has 18 heavy (non-hydrogen) atoms. The van der Waals surface area contributed by atoms with Crippen molar-refractivity contribution >= 4 is 31.9 Å². The van der Waals surface area contributed by atoms with Crippen LogP contribution in [-0.4, -0.2) is 7.11 Å². The molecule has 0 fully saturated rings. The number of methoxy groups -OCH3 is 1. The minimum absolute atomic E-state index is 0.707. The zero-order chi connectivity index (χ0) is 13.0. The van der Waals surface area contributed by atoms with Crippen LogP contribution in [0.4, 0.5) is 0 Å². The highest BCUT2D eigenvalue weighted by Crippen LogP contribution is 2.33. The van der Waals surface area contributed by atoms with Crippen LogP contribution < -0.4 is 9.47 Å². The van der Waals surface area contributed by atoms with Crippen LogP contribution in [0.25, 0.3) is 0 Å². The molecule has 0 N–H and O–H groups in total. The van der Waals surface area contributed by atoms with E-state index in [1.165, 1.54) is 5.56 Å². The summed E-state index contributed by atoms with van der Waals surface area (Å²) >= 11 is 6.95. The first-order chi connectivity index (χ1) is 8.74. The fourth-order valence-corrected chi connectivity index (χ4v) is 2.89. The Balaban J connectivity index is 2.26. The summed E-state index contributed by atoms with van der Waals surface area (Å²) in [5.74, 6) is 2.20. The molecule has 2 nitrogen and oxygen atoms in total. The first-order valence-electron chi connectivity index (χ1n) is 5.40. The fourth-order valence-electron chi connectivity index (χ4n) is 1.53. The highest BCUT2D eigenvalue weighted by molar-refractivity contribution is 9.10. The molecule has 0 atom stereocenters. The van der Waals surface area contributed by atoms with Gasteiger partial charge in [0, 0.05) is 9.80 Å². The van der Waals surface area contributed by atoms with Gasteiger partial charge in [0.05, 0.1) is 7.11 Å². The number of ether oxygens (including phenoxy) is 2. The number of benzene rings is 2. The second-order valence-corrected chi connectivity index (χ2v) is 5.05. The Kier molecular flexibility index (Phi) is 4.66. The summed E-state index contributed by atoms with van der Waals surface area (Å²) in [7, 11) is 1.63. The smallest absolute Gasteiger partial charge is 0.169 e. The van der Waals surface area contributed by atoms with E-state index in [-0.39, 0.29) is 0 Å². The van der Waals surface area contributed by atoms with Crippen LogP contribution in [0.3, 0.4) is 0 Å². The van der Waals surface area contributed by atoms with Gasteiger partial charge < -0.3 is 9.47 Å². The second-order valence-electron chi connectivity index (χ2n) is 3.64. The molecule has 0 bridgehead atoms. The number of rotatable bonds is 4. The lowest BCUT2D eigenvalue weighted by Crippen LogP contribution is -1.90. The average Bonchev–Trinajstić information content (AvgIpc) is 2.39. The summed E-state index contributed by atoms with van der Waals surface area (Å²) in [5, 5.41) is 0.808. The van der Waals surface area contributed by atoms with E-state index in [2.05, 4.69) is 31.9 Å². The van der Waals surface area contributed by atoms with Gasteiger partial charge in [-0.25, -0.2) is 0 Å². The van der Waals surface area contributed by atoms with E-state index in [0.29, 0.717) is 5.75 Å². The number of hydrogen-bond acceptors (Lipinski definition) is 2. The molecule has 0 saturated carbocycles. The van der Waals surface area contributed by atoms with Gasteiger partial charge in [0.2, 0.25) is 0 Å². The zero-order valence-corrected chi connectivity index (χ0v) is 13.0. The Labute approximate surface area is 123 Å². The molecule has 0 radical (unpaired) electrons. The molecule has 0 aliphatic carbocycles. The van der Waals surface area contributed by atoms with Gasteiger partial charge in [-0.05, 0) is 29.8 Å². The maximum atomic E-state index is 5.81. The summed E-state index contributed by atoms with van der Waals surface area (Å²) in [4.78, 5) is 0. The molecule has 0 aromatic heterocycles. The highest BCUT2D eigenvalue weighted by atomic mass is 79.9. The lowest BCUT2D eigenvalue weighted by Gasteiger charge is -2.11. The SMILES string of the molecule is COc1ccccc1Oc1ccc(CBr)c(Br)c1. The van der Waals surface area contributed by atoms with Crippen molar-refractivity contribution in [3.05, 3.63) is 52.5 Å². The van der Waals surface area contributed by atoms with Crippen molar-refractivity contribution in [3.8, 4) is 17.2 Å². The minimum Gasteiger partial charge on any atom is -0.493 e. The summed E-state index contributed by atoms with van der Waals surface area (Å²) < 4.78 is 12.1. The topological polar surface area (TPSA) is 18.5 Å². The lowest BCUT2D eigenvalue weighted by atomic mass is 10.2. The fraction of sp³-hybridized carbons (Fsp3) is 0.143. The highest BCUT2D eigenvalue weighted by Gasteiger charge is 2.06. The minimum atomic E-state index is 0.707. The van der Waals surface area contributed by atoms with Gasteiger partial charge in [0.25, 0.3) is 0 Å². The number of para-hydroxylation sites is 2. The van der Waals surface area contributed by atoms with Gasteiger partial charge in [-0.1, -0.05) is 50.1 Å². The third kappa shape index (κ3) is 3.06. The zero-order valence-electron chi connectivity index (χ0n) is 9.82. The van der Waals surface area contributed by atoms with Crippen molar-refractivity contribution in [2.24, 2.45) is 0 Å². The van der Waals surface area contributed by atoms with Crippen molar-refractivity contribution < 1.29 is 9.47 Å². The maximum Gasteiger partial charge on any atom is 0.169 e. The lowest BCUT2D eigenvalue weighted by molar-refractivity contribution is 0.379. The molecule has 2 aromatic carbocycles. The van der Waals surface area contributed by atoms with E-state index in [9.17, 15) is 0 Å². The largest absolute Gasteiger partial charge is 0.493 e. The van der Waals surface area contributed by atoms with E-state index in [1.807, 2.05) is 42.5 Å². The van der Waals surface area contributed by atoms with E-state index >= 15 is 0 Å². The predicted molar refractivity (Wildman–Crippen MR) is 79.8 cm³/mol. The van der Waals surface area contributed by atoms with Crippen molar-refractivity contribution in [1.29, 1.82) is 0 Å². The van der Waals surface area contributed by atoms with Gasteiger partial charge in [-0.2, -0.15) is 0 Å². The molecule has 0 amide bonds. The Morgan fingerprint density at radius 2 is 1.78 bits per heavy atom. The van der Waals surface area contributed by atoms with Gasteiger partial charge >= 0.3 is 0 Å². The summed E-state index contributed by atoms with van der Waals surface area (Å²) in [6.45, 7) is 0. The molecule has 0 aliphatic heterocycles. The molecular formula is C14H12Br2O2. The molecule has 4 heteroatoms. The Morgan fingerprint density at radius 3 is 2.39 bits per heavy atom. The molecule has 0 heterocycles. The Morgan fingerprint density at radius 1 is 1.06 bits per heavy atom. The monoisotopic (exact) mass is 370 g/mol. The van der Waals surface area contributed by atoms with Gasteiger partial charge in [-0.3, -0.25) is 0 Å². The van der Waals surface area contributed by atoms with Crippen molar-refractivity contribution in [2.75, 3.05) is 7.11 Å². The van der Waals surface area contributed by atoms with E-state index in [1.54, 1.807) is 7.11 Å². The van der Waals surface area contributed by atoms with Crippen molar-refractivity contribution in [1.82, 2.24) is 0 Å². The van der Waals surface area contributed by atoms with Gasteiger partial charge in [0.15, 0.2) is 11.5 Å². The average molecular weight is 372 g/mol. The Bertz CT molecular complexity index is 541. The van der Waals surface area contributed by atoms with Crippen LogP contribution in [0, 0.1) is 0 Å². The van der Waals surface area contributed by atoms with Crippen LogP contribution in [0.15, 0.2) is 46.9 Å². The van der Waals surface area contributed by atoms with E-state index < -0.39 is 0 Å². The van der Waals surface area contributed by atoms with Crippen LogP contribution >= 0.6 is 31.9 Å². The normalized spacial score (nSPS) is 10.2. The molecule has 0 aliphatic rings. The first-order valence-corrected chi connectivity index (χ1v) is 7.31. The third-order valence-electron chi connectivity index (χ3n) is 2.47. The molecule has 94 valence electrons. The van der Waals surface area contributed by atoms with Crippen LogP contribution in [0.1, 0.15) is 5.56 Å². The van der Waals surface area contributed by atoms with Crippen LogP contribution in [0.2, 0.25) is 0 Å². The van der Waals surface area contributed by atoms with E-state index in [0.717, 1.165) is 21.3 Å². The molecule has 0 spiro atoms. The maximum absolute atomic E-state index is 5.81. The van der Waals surface area contributed by atoms with Gasteiger partial charge in [-0.15, -0.1) is 0 Å². The molecular weight excluding hydrogens is 360 g/mol. The molecule has 2 rings (SSSR count). The Hall–Kier alpha value is -1.000. The van der Waals surface area contributed by atoms with Crippen LogP contribution in [0.5, 0.6) is 17.2 Å². The van der Waals surface area contributed by atoms with Crippen molar-refractivity contribution in [2.45, 2.75) is 5.33 Å². The summed E-state index contributed by atoms with van der Waals surface area (Å²) in [5.41, 5.74) is 1.18. The number of alkyl halides is 1. The van der Waals surface area contributed by atoms with Crippen LogP contribution in [-0.2, 0) is 5.33 Å². The predicted octanol–water partition coefficient (Wildman–Crippen LogP) is 5.14. The number of halogens is 2.